The predicted molar refractivity (Wildman–Crippen MR) is 73.9 cm³/mol. The molecule has 2 aromatic rings. The van der Waals surface area contributed by atoms with Gasteiger partial charge in [0, 0.05) is 12.5 Å². The quantitative estimate of drug-likeness (QED) is 0.851. The van der Waals surface area contributed by atoms with Crippen molar-refractivity contribution in [1.82, 2.24) is 0 Å². The average Bonchev–Trinajstić information content (AvgIpc) is 2.36. The Morgan fingerprint density at radius 2 is 1.95 bits per heavy atom. The SMILES string of the molecule is CC(=O)C1=Cc2c(ccc3ccccc23)OC1(C)O. The molecular weight excluding hydrogens is 240 g/mol. The Kier molecular flexibility index (Phi) is 2.47. The summed E-state index contributed by atoms with van der Waals surface area (Å²) in [4.78, 5) is 11.7. The van der Waals surface area contributed by atoms with Gasteiger partial charge in [0.2, 0.25) is 5.79 Å². The zero-order valence-corrected chi connectivity index (χ0v) is 10.8. The molecule has 1 aliphatic heterocycles. The molecule has 0 spiro atoms. The summed E-state index contributed by atoms with van der Waals surface area (Å²) in [5.74, 6) is -1.17. The van der Waals surface area contributed by atoms with E-state index in [0.29, 0.717) is 5.75 Å². The molecule has 1 unspecified atom stereocenters. The van der Waals surface area contributed by atoms with Crippen molar-refractivity contribution < 1.29 is 14.6 Å². The van der Waals surface area contributed by atoms with E-state index in [9.17, 15) is 9.90 Å². The molecule has 1 aliphatic rings. The normalized spacial score (nSPS) is 21.5. The summed E-state index contributed by atoms with van der Waals surface area (Å²) < 4.78 is 5.57. The number of carbonyl (C=O) groups is 1. The average molecular weight is 254 g/mol. The van der Waals surface area contributed by atoms with Crippen molar-refractivity contribution in [3.8, 4) is 5.75 Å². The Morgan fingerprint density at radius 3 is 2.68 bits per heavy atom. The molecule has 19 heavy (non-hydrogen) atoms. The monoisotopic (exact) mass is 254 g/mol. The van der Waals surface area contributed by atoms with Crippen LogP contribution in [-0.4, -0.2) is 16.7 Å². The molecule has 3 heteroatoms. The van der Waals surface area contributed by atoms with Gasteiger partial charge in [-0.15, -0.1) is 0 Å². The zero-order valence-electron chi connectivity index (χ0n) is 10.8. The maximum atomic E-state index is 11.7. The Bertz CT molecular complexity index is 711. The number of fused-ring (bicyclic) bond motifs is 3. The van der Waals surface area contributed by atoms with Gasteiger partial charge in [0.25, 0.3) is 0 Å². The lowest BCUT2D eigenvalue weighted by Crippen LogP contribution is -2.39. The molecule has 3 rings (SSSR count). The van der Waals surface area contributed by atoms with Crippen molar-refractivity contribution in [1.29, 1.82) is 0 Å². The van der Waals surface area contributed by atoms with Crippen molar-refractivity contribution in [2.45, 2.75) is 19.6 Å². The van der Waals surface area contributed by atoms with E-state index in [1.807, 2.05) is 36.4 Å². The number of Topliss-reactive ketones (excluding diaryl/α,β-unsaturated/α-hetero) is 1. The summed E-state index contributed by atoms with van der Waals surface area (Å²) in [7, 11) is 0. The lowest BCUT2D eigenvalue weighted by molar-refractivity contribution is -0.125. The summed E-state index contributed by atoms with van der Waals surface area (Å²) in [5.41, 5.74) is 1.12. The maximum absolute atomic E-state index is 11.7. The topological polar surface area (TPSA) is 46.5 Å². The van der Waals surface area contributed by atoms with E-state index in [1.165, 1.54) is 13.8 Å². The van der Waals surface area contributed by atoms with Crippen LogP contribution in [0.25, 0.3) is 16.8 Å². The van der Waals surface area contributed by atoms with Crippen LogP contribution in [0, 0.1) is 0 Å². The van der Waals surface area contributed by atoms with Gasteiger partial charge < -0.3 is 9.84 Å². The lowest BCUT2D eigenvalue weighted by atomic mass is 9.94. The first-order valence-electron chi connectivity index (χ1n) is 6.15. The van der Waals surface area contributed by atoms with Crippen molar-refractivity contribution in [3.63, 3.8) is 0 Å². The maximum Gasteiger partial charge on any atom is 0.235 e. The highest BCUT2D eigenvalue weighted by atomic mass is 16.6. The van der Waals surface area contributed by atoms with Gasteiger partial charge in [0.05, 0.1) is 5.57 Å². The fourth-order valence-corrected chi connectivity index (χ4v) is 2.49. The van der Waals surface area contributed by atoms with Gasteiger partial charge in [-0.05, 0) is 29.8 Å². The first-order valence-corrected chi connectivity index (χ1v) is 6.15. The molecule has 0 saturated heterocycles. The molecule has 0 bridgehead atoms. The number of carbonyl (C=O) groups excluding carboxylic acids is 1. The fourth-order valence-electron chi connectivity index (χ4n) is 2.49. The van der Waals surface area contributed by atoms with Crippen molar-refractivity contribution >= 4 is 22.6 Å². The minimum Gasteiger partial charge on any atom is -0.458 e. The Morgan fingerprint density at radius 1 is 1.21 bits per heavy atom. The Balaban J connectivity index is 2.33. The number of hydrogen-bond donors (Lipinski definition) is 1. The van der Waals surface area contributed by atoms with Gasteiger partial charge in [0.15, 0.2) is 5.78 Å². The van der Waals surface area contributed by atoms with Crippen LogP contribution < -0.4 is 4.74 Å². The van der Waals surface area contributed by atoms with E-state index in [-0.39, 0.29) is 11.4 Å². The molecule has 1 atom stereocenters. The highest BCUT2D eigenvalue weighted by molar-refractivity contribution is 6.04. The Labute approximate surface area is 111 Å². The van der Waals surface area contributed by atoms with Crippen molar-refractivity contribution in [3.05, 3.63) is 47.5 Å². The molecule has 0 fully saturated rings. The second-order valence-corrected chi connectivity index (χ2v) is 4.90. The third-order valence-electron chi connectivity index (χ3n) is 3.41. The Hall–Kier alpha value is -2.13. The van der Waals surface area contributed by atoms with E-state index in [4.69, 9.17) is 4.74 Å². The molecule has 1 N–H and O–H groups in total. The van der Waals surface area contributed by atoms with Crippen LogP contribution in [0.2, 0.25) is 0 Å². The van der Waals surface area contributed by atoms with E-state index in [0.717, 1.165) is 16.3 Å². The van der Waals surface area contributed by atoms with Crippen LogP contribution in [0.3, 0.4) is 0 Å². The molecule has 0 saturated carbocycles. The number of benzene rings is 2. The number of ether oxygens (including phenoxy) is 1. The van der Waals surface area contributed by atoms with Crippen LogP contribution in [0.5, 0.6) is 5.75 Å². The smallest absolute Gasteiger partial charge is 0.235 e. The summed E-state index contributed by atoms with van der Waals surface area (Å²) in [6.45, 7) is 2.91. The van der Waals surface area contributed by atoms with Gasteiger partial charge in [-0.1, -0.05) is 30.3 Å². The third kappa shape index (κ3) is 1.83. The van der Waals surface area contributed by atoms with E-state index in [2.05, 4.69) is 0 Å². The largest absolute Gasteiger partial charge is 0.458 e. The van der Waals surface area contributed by atoms with E-state index < -0.39 is 5.79 Å². The van der Waals surface area contributed by atoms with E-state index >= 15 is 0 Å². The second kappa shape index (κ2) is 3.93. The van der Waals surface area contributed by atoms with Gasteiger partial charge >= 0.3 is 0 Å². The number of ketones is 1. The van der Waals surface area contributed by atoms with Crippen LogP contribution in [0.4, 0.5) is 0 Å². The van der Waals surface area contributed by atoms with Crippen LogP contribution in [-0.2, 0) is 4.79 Å². The molecule has 0 aliphatic carbocycles. The van der Waals surface area contributed by atoms with E-state index in [1.54, 1.807) is 6.08 Å². The molecule has 0 amide bonds. The second-order valence-electron chi connectivity index (χ2n) is 4.90. The molecule has 3 nitrogen and oxygen atoms in total. The summed E-state index contributed by atoms with van der Waals surface area (Å²) in [5, 5.41) is 12.3. The van der Waals surface area contributed by atoms with Crippen molar-refractivity contribution in [2.24, 2.45) is 0 Å². The van der Waals surface area contributed by atoms with Crippen LogP contribution >= 0.6 is 0 Å². The third-order valence-corrected chi connectivity index (χ3v) is 3.41. The van der Waals surface area contributed by atoms with Gasteiger partial charge in [0.1, 0.15) is 5.75 Å². The van der Waals surface area contributed by atoms with Gasteiger partial charge in [-0.25, -0.2) is 0 Å². The first kappa shape index (κ1) is 11.9. The highest BCUT2D eigenvalue weighted by Gasteiger charge is 2.35. The molecule has 0 radical (unpaired) electrons. The predicted octanol–water partition coefficient (Wildman–Crippen LogP) is 2.91. The summed E-state index contributed by atoms with van der Waals surface area (Å²) >= 11 is 0. The number of hydrogen-bond acceptors (Lipinski definition) is 3. The highest BCUT2D eigenvalue weighted by Crippen LogP contribution is 2.38. The molecule has 96 valence electrons. The first-order chi connectivity index (χ1) is 8.99. The van der Waals surface area contributed by atoms with Gasteiger partial charge in [-0.3, -0.25) is 4.79 Å². The van der Waals surface area contributed by atoms with Crippen LogP contribution in [0.1, 0.15) is 19.4 Å². The zero-order chi connectivity index (χ0) is 13.6. The summed E-state index contributed by atoms with van der Waals surface area (Å²) in [6.07, 6.45) is 1.73. The number of aliphatic hydroxyl groups is 1. The molecular formula is C16H14O3. The van der Waals surface area contributed by atoms with Crippen molar-refractivity contribution in [2.75, 3.05) is 0 Å². The lowest BCUT2D eigenvalue weighted by Gasteiger charge is -2.31. The summed E-state index contributed by atoms with van der Waals surface area (Å²) in [6, 6.07) is 11.6. The number of rotatable bonds is 1. The minimum atomic E-state index is -1.57. The molecule has 2 aromatic carbocycles. The molecule has 0 aromatic heterocycles. The minimum absolute atomic E-state index is 0.191. The fraction of sp³-hybridized carbons (Fsp3) is 0.188. The molecule has 1 heterocycles. The van der Waals surface area contributed by atoms with Gasteiger partial charge in [-0.2, -0.15) is 0 Å². The standard InChI is InChI=1S/C16H14O3/c1-10(17)14-9-13-12-6-4-3-5-11(12)7-8-15(13)19-16(14,2)18/h3-9,18H,1-2H3. The van der Waals surface area contributed by atoms with Crippen LogP contribution in [0.15, 0.2) is 42.0 Å².